The van der Waals surface area contributed by atoms with Gasteiger partial charge in [0, 0.05) is 14.0 Å². The molecular formula is C14H19IN2O3S. The van der Waals surface area contributed by atoms with Crippen molar-refractivity contribution in [3.8, 4) is 0 Å². The van der Waals surface area contributed by atoms with Crippen LogP contribution in [0.2, 0.25) is 0 Å². The Morgan fingerprint density at radius 3 is 2.62 bits per heavy atom. The number of carboxylic acid groups (broad SMARTS) is 1. The highest BCUT2D eigenvalue weighted by Gasteiger charge is 2.33. The fraction of sp³-hybridized carbons (Fsp3) is 0.429. The maximum atomic E-state index is 12.0. The van der Waals surface area contributed by atoms with Crippen molar-refractivity contribution >= 4 is 51.9 Å². The highest BCUT2D eigenvalue weighted by Crippen LogP contribution is 2.27. The quantitative estimate of drug-likeness (QED) is 0.613. The maximum Gasteiger partial charge on any atom is 0.321 e. The molecule has 1 rings (SSSR count). The number of carbonyl (C=O) groups is 2. The third kappa shape index (κ3) is 5.48. The first kappa shape index (κ1) is 18.2. The van der Waals surface area contributed by atoms with Crippen LogP contribution in [-0.2, 0) is 9.59 Å². The number of aryl methyl sites for hydroxylation is 1. The molecule has 0 saturated heterocycles. The van der Waals surface area contributed by atoms with Gasteiger partial charge in [-0.3, -0.25) is 9.59 Å². The molecule has 0 aliphatic rings. The van der Waals surface area contributed by atoms with Crippen molar-refractivity contribution in [2.75, 3.05) is 11.1 Å². The third-order valence-electron chi connectivity index (χ3n) is 3.05. The number of nitrogens with two attached hydrogens (primary N) is 1. The van der Waals surface area contributed by atoms with Gasteiger partial charge in [-0.15, -0.1) is 11.8 Å². The van der Waals surface area contributed by atoms with E-state index in [-0.39, 0.29) is 11.7 Å². The predicted molar refractivity (Wildman–Crippen MR) is 94.7 cm³/mol. The highest BCUT2D eigenvalue weighted by atomic mass is 127. The van der Waals surface area contributed by atoms with Gasteiger partial charge in [0.15, 0.2) is 0 Å². The zero-order valence-corrected chi connectivity index (χ0v) is 15.1. The smallest absolute Gasteiger partial charge is 0.321 e. The van der Waals surface area contributed by atoms with Crippen LogP contribution in [0.4, 0.5) is 5.69 Å². The number of benzene rings is 1. The van der Waals surface area contributed by atoms with Crippen LogP contribution in [0.1, 0.15) is 19.4 Å². The van der Waals surface area contributed by atoms with Crippen molar-refractivity contribution in [2.24, 2.45) is 5.73 Å². The van der Waals surface area contributed by atoms with Crippen LogP contribution in [0, 0.1) is 10.5 Å². The molecule has 0 aromatic heterocycles. The van der Waals surface area contributed by atoms with E-state index in [2.05, 4.69) is 27.9 Å². The lowest BCUT2D eigenvalue weighted by atomic mass is 10.1. The number of halogens is 1. The molecule has 1 atom stereocenters. The summed E-state index contributed by atoms with van der Waals surface area (Å²) < 4.78 is 0.385. The average molecular weight is 422 g/mol. The van der Waals surface area contributed by atoms with Crippen LogP contribution in [0.3, 0.4) is 0 Å². The maximum absolute atomic E-state index is 12.0. The van der Waals surface area contributed by atoms with Gasteiger partial charge in [-0.25, -0.2) is 0 Å². The van der Waals surface area contributed by atoms with Crippen molar-refractivity contribution in [1.82, 2.24) is 0 Å². The Labute approximate surface area is 142 Å². The van der Waals surface area contributed by atoms with Crippen LogP contribution in [0.25, 0.3) is 0 Å². The molecule has 0 fully saturated rings. The summed E-state index contributed by atoms with van der Waals surface area (Å²) in [5, 5.41) is 11.8. The van der Waals surface area contributed by atoms with Crippen LogP contribution in [0.15, 0.2) is 18.2 Å². The number of nitrogens with one attached hydrogen (secondary N) is 1. The van der Waals surface area contributed by atoms with E-state index >= 15 is 0 Å². The molecule has 7 heteroatoms. The van der Waals surface area contributed by atoms with Gasteiger partial charge >= 0.3 is 5.97 Å². The minimum absolute atomic E-state index is 0.152. The first-order chi connectivity index (χ1) is 9.63. The van der Waals surface area contributed by atoms with E-state index in [9.17, 15) is 9.59 Å². The fourth-order valence-electron chi connectivity index (χ4n) is 1.59. The third-order valence-corrected chi connectivity index (χ3v) is 5.13. The second-order valence-corrected chi connectivity index (χ2v) is 8.09. The monoisotopic (exact) mass is 422 g/mol. The van der Waals surface area contributed by atoms with Crippen LogP contribution in [-0.4, -0.2) is 33.5 Å². The first-order valence-electron chi connectivity index (χ1n) is 6.32. The Hall–Kier alpha value is -0.800. The van der Waals surface area contributed by atoms with E-state index in [1.165, 1.54) is 11.8 Å². The SMILES string of the molecule is Cc1cc(I)ccc1NC(=O)CSC(C)(C)[C@H](N)C(=O)O. The Kier molecular flexibility index (Phi) is 6.48. The number of anilines is 1. The minimum Gasteiger partial charge on any atom is -0.480 e. The molecule has 1 amide bonds. The molecule has 0 aliphatic heterocycles. The van der Waals surface area contributed by atoms with Gasteiger partial charge in [0.25, 0.3) is 0 Å². The second-order valence-electron chi connectivity index (χ2n) is 5.22. The summed E-state index contributed by atoms with van der Waals surface area (Å²) >= 11 is 3.44. The van der Waals surface area contributed by atoms with Crippen molar-refractivity contribution in [1.29, 1.82) is 0 Å². The summed E-state index contributed by atoms with van der Waals surface area (Å²) in [5.74, 6) is -1.09. The number of hydrogen-bond acceptors (Lipinski definition) is 4. The fourth-order valence-corrected chi connectivity index (χ4v) is 3.09. The number of rotatable bonds is 6. The molecular weight excluding hydrogens is 403 g/mol. The van der Waals surface area contributed by atoms with Gasteiger partial charge in [-0.1, -0.05) is 0 Å². The first-order valence-corrected chi connectivity index (χ1v) is 8.38. The van der Waals surface area contributed by atoms with Crippen molar-refractivity contribution < 1.29 is 14.7 Å². The molecule has 4 N–H and O–H groups in total. The lowest BCUT2D eigenvalue weighted by molar-refractivity contribution is -0.139. The highest BCUT2D eigenvalue weighted by molar-refractivity contribution is 14.1. The summed E-state index contributed by atoms with van der Waals surface area (Å²) in [4.78, 5) is 22.9. The molecule has 0 saturated carbocycles. The lowest BCUT2D eigenvalue weighted by Gasteiger charge is -2.27. The summed E-state index contributed by atoms with van der Waals surface area (Å²) in [5.41, 5.74) is 7.37. The normalized spacial score (nSPS) is 12.8. The lowest BCUT2D eigenvalue weighted by Crippen LogP contribution is -2.47. The van der Waals surface area contributed by atoms with Crippen molar-refractivity contribution in [3.05, 3.63) is 27.3 Å². The van der Waals surface area contributed by atoms with Gasteiger partial charge in [-0.2, -0.15) is 0 Å². The number of hydrogen-bond donors (Lipinski definition) is 3. The van der Waals surface area contributed by atoms with Crippen LogP contribution in [0.5, 0.6) is 0 Å². The molecule has 0 aliphatic carbocycles. The molecule has 21 heavy (non-hydrogen) atoms. The van der Waals surface area contributed by atoms with E-state index in [0.717, 1.165) is 14.8 Å². The molecule has 0 bridgehead atoms. The van der Waals surface area contributed by atoms with Crippen LogP contribution >= 0.6 is 34.4 Å². The van der Waals surface area contributed by atoms with E-state index in [1.807, 2.05) is 25.1 Å². The predicted octanol–water partition coefficient (Wildman–Crippen LogP) is 2.46. The van der Waals surface area contributed by atoms with E-state index < -0.39 is 16.8 Å². The largest absolute Gasteiger partial charge is 0.480 e. The molecule has 0 spiro atoms. The topological polar surface area (TPSA) is 92.4 Å². The molecule has 116 valence electrons. The molecule has 1 aromatic rings. The molecule has 5 nitrogen and oxygen atoms in total. The van der Waals surface area contributed by atoms with Gasteiger partial charge in [-0.05, 0) is 67.1 Å². The zero-order valence-electron chi connectivity index (χ0n) is 12.1. The van der Waals surface area contributed by atoms with E-state index in [0.29, 0.717) is 0 Å². The Morgan fingerprint density at radius 1 is 1.48 bits per heavy atom. The Morgan fingerprint density at radius 2 is 2.10 bits per heavy atom. The molecule has 0 heterocycles. The number of carboxylic acids is 1. The van der Waals surface area contributed by atoms with Gasteiger partial charge in [0.05, 0.1) is 5.75 Å². The summed E-state index contributed by atoms with van der Waals surface area (Å²) in [6.07, 6.45) is 0. The number of carbonyl (C=O) groups excluding carboxylic acids is 1. The number of thioether (sulfide) groups is 1. The summed E-state index contributed by atoms with van der Waals surface area (Å²) in [7, 11) is 0. The summed E-state index contributed by atoms with van der Waals surface area (Å²) in [6, 6.07) is 4.73. The standard InChI is InChI=1S/C14H19IN2O3S/c1-8-6-9(15)4-5-10(8)17-11(18)7-21-14(2,3)12(16)13(19)20/h4-6,12H,7,16H2,1-3H3,(H,17,18)(H,19,20)/t12-/m1/s1. The minimum atomic E-state index is -1.07. The average Bonchev–Trinajstić information content (AvgIpc) is 2.39. The molecule has 0 radical (unpaired) electrons. The number of amides is 1. The number of aliphatic carboxylic acids is 1. The van der Waals surface area contributed by atoms with Gasteiger partial charge in [0.1, 0.15) is 6.04 Å². The molecule has 0 unspecified atom stereocenters. The van der Waals surface area contributed by atoms with E-state index in [1.54, 1.807) is 13.8 Å². The van der Waals surface area contributed by atoms with Crippen LogP contribution < -0.4 is 11.1 Å². The van der Waals surface area contributed by atoms with E-state index in [4.69, 9.17) is 10.8 Å². The Balaban J connectivity index is 2.60. The molecule has 1 aromatic carbocycles. The summed E-state index contributed by atoms with van der Waals surface area (Å²) in [6.45, 7) is 5.37. The zero-order chi connectivity index (χ0) is 16.2. The van der Waals surface area contributed by atoms with Crippen molar-refractivity contribution in [2.45, 2.75) is 31.6 Å². The van der Waals surface area contributed by atoms with Gasteiger partial charge in [0.2, 0.25) is 5.91 Å². The Bertz CT molecular complexity index is 549. The second kappa shape index (κ2) is 7.46. The van der Waals surface area contributed by atoms with Crippen molar-refractivity contribution in [3.63, 3.8) is 0 Å². The van der Waals surface area contributed by atoms with Gasteiger partial charge < -0.3 is 16.2 Å².